The third-order valence-electron chi connectivity index (χ3n) is 5.49. The highest BCUT2D eigenvalue weighted by atomic mass is 35.5. The van der Waals surface area contributed by atoms with Gasteiger partial charge in [0.2, 0.25) is 0 Å². The third-order valence-corrected chi connectivity index (χ3v) is 6.89. The minimum Gasteiger partial charge on any atom is -0.281 e. The van der Waals surface area contributed by atoms with Gasteiger partial charge in [-0.05, 0) is 62.6 Å². The molecule has 0 saturated carbocycles. The van der Waals surface area contributed by atoms with Crippen molar-refractivity contribution in [1.29, 1.82) is 5.26 Å². The van der Waals surface area contributed by atoms with Crippen LogP contribution >= 0.6 is 22.9 Å². The Bertz CT molecular complexity index is 1210. The Balaban J connectivity index is 1.57. The lowest BCUT2D eigenvalue weighted by atomic mass is 9.94. The van der Waals surface area contributed by atoms with Crippen LogP contribution in [0.4, 0.5) is 0 Å². The van der Waals surface area contributed by atoms with Gasteiger partial charge >= 0.3 is 0 Å². The Kier molecular flexibility index (Phi) is 5.55. The number of benzene rings is 1. The van der Waals surface area contributed by atoms with Crippen molar-refractivity contribution < 1.29 is 0 Å². The topological polar surface area (TPSA) is 61.9 Å². The first-order chi connectivity index (χ1) is 14.4. The summed E-state index contributed by atoms with van der Waals surface area (Å²) in [5.74, 6) is 0. The third kappa shape index (κ3) is 3.81. The van der Waals surface area contributed by atoms with Crippen molar-refractivity contribution in [1.82, 2.24) is 9.97 Å². The number of aryl methyl sites for hydroxylation is 2. The molecular weight excluding hydrogens is 412 g/mol. The molecular formula is C24H21ClN4S. The molecule has 0 fully saturated rings. The van der Waals surface area contributed by atoms with Gasteiger partial charge in [0.15, 0.2) is 0 Å². The van der Waals surface area contributed by atoms with Crippen LogP contribution < -0.4 is 0 Å². The molecule has 0 spiro atoms. The maximum Gasteiger partial charge on any atom is 0.142 e. The van der Waals surface area contributed by atoms with Gasteiger partial charge in [-0.15, -0.1) is 11.3 Å². The molecule has 6 heteroatoms. The van der Waals surface area contributed by atoms with Crippen molar-refractivity contribution in [3.8, 4) is 16.8 Å². The van der Waals surface area contributed by atoms with E-state index in [1.165, 1.54) is 10.5 Å². The lowest BCUT2D eigenvalue weighted by molar-refractivity contribution is 0.779. The molecule has 0 amide bonds. The molecule has 0 bridgehead atoms. The number of hydrogen-bond donors (Lipinski definition) is 0. The number of aliphatic imine (C=N–C) groups is 1. The molecule has 1 aromatic carbocycles. The number of rotatable bonds is 4. The van der Waals surface area contributed by atoms with Gasteiger partial charge in [-0.25, -0.2) is 4.98 Å². The average Bonchev–Trinajstić information content (AvgIpc) is 3.20. The summed E-state index contributed by atoms with van der Waals surface area (Å²) in [5, 5.41) is 10.5. The number of hydrogen-bond acceptors (Lipinski definition) is 5. The quantitative estimate of drug-likeness (QED) is 0.492. The second-order valence-electron chi connectivity index (χ2n) is 7.51. The van der Waals surface area contributed by atoms with E-state index in [1.54, 1.807) is 17.4 Å². The molecule has 2 aromatic heterocycles. The first-order valence-corrected chi connectivity index (χ1v) is 10.9. The number of halogens is 1. The maximum absolute atomic E-state index is 9.11. The molecule has 0 saturated heterocycles. The van der Waals surface area contributed by atoms with Crippen LogP contribution in [0.5, 0.6) is 0 Å². The lowest BCUT2D eigenvalue weighted by Crippen LogP contribution is -2.08. The van der Waals surface area contributed by atoms with Crippen LogP contribution in [0.25, 0.3) is 16.3 Å². The maximum atomic E-state index is 9.11. The Morgan fingerprint density at radius 3 is 2.53 bits per heavy atom. The second-order valence-corrected chi connectivity index (χ2v) is 9.12. The van der Waals surface area contributed by atoms with Gasteiger partial charge in [-0.2, -0.15) is 5.26 Å². The average molecular weight is 433 g/mol. The number of nitrogens with zero attached hydrogens (tertiary/aromatic N) is 4. The zero-order valence-electron chi connectivity index (χ0n) is 17.3. The van der Waals surface area contributed by atoms with Gasteiger partial charge in [0.05, 0.1) is 28.0 Å². The number of allylic oxidation sites excluding steroid dienone is 1. The van der Waals surface area contributed by atoms with Crippen LogP contribution in [0, 0.1) is 25.2 Å². The van der Waals surface area contributed by atoms with Gasteiger partial charge < -0.3 is 0 Å². The van der Waals surface area contributed by atoms with Gasteiger partial charge in [0.1, 0.15) is 11.1 Å². The SMILES string of the molecule is CC1=NC(Cc2ccc(-c3nc(C)c(C)s3)nc2)C(C)=C1c1ccc(C#N)c(Cl)c1. The first-order valence-electron chi connectivity index (χ1n) is 9.72. The highest BCUT2D eigenvalue weighted by Crippen LogP contribution is 2.33. The Morgan fingerprint density at radius 2 is 1.93 bits per heavy atom. The Hall–Kier alpha value is -2.81. The molecule has 0 radical (unpaired) electrons. The van der Waals surface area contributed by atoms with Crippen molar-refractivity contribution in [3.63, 3.8) is 0 Å². The van der Waals surface area contributed by atoms with E-state index in [4.69, 9.17) is 21.9 Å². The van der Waals surface area contributed by atoms with Crippen molar-refractivity contribution in [2.24, 2.45) is 4.99 Å². The van der Waals surface area contributed by atoms with Crippen molar-refractivity contribution in [3.05, 3.63) is 74.4 Å². The number of pyridine rings is 1. The van der Waals surface area contributed by atoms with Gasteiger partial charge in [0.25, 0.3) is 0 Å². The molecule has 0 N–H and O–H groups in total. The number of nitriles is 1. The molecule has 4 rings (SSSR count). The smallest absolute Gasteiger partial charge is 0.142 e. The van der Waals surface area contributed by atoms with E-state index < -0.39 is 0 Å². The van der Waals surface area contributed by atoms with Crippen molar-refractivity contribution in [2.75, 3.05) is 0 Å². The molecule has 3 aromatic rings. The molecule has 30 heavy (non-hydrogen) atoms. The second kappa shape index (κ2) is 8.14. The van der Waals surface area contributed by atoms with E-state index in [1.807, 2.05) is 38.2 Å². The Morgan fingerprint density at radius 1 is 1.13 bits per heavy atom. The minimum absolute atomic E-state index is 0.0754. The minimum atomic E-state index is 0.0754. The molecule has 1 unspecified atom stereocenters. The van der Waals surface area contributed by atoms with E-state index in [9.17, 15) is 0 Å². The van der Waals surface area contributed by atoms with Crippen LogP contribution in [0.2, 0.25) is 5.02 Å². The molecule has 1 atom stereocenters. The predicted octanol–water partition coefficient (Wildman–Crippen LogP) is 6.21. The molecule has 4 nitrogen and oxygen atoms in total. The van der Waals surface area contributed by atoms with Gasteiger partial charge in [-0.1, -0.05) is 23.7 Å². The lowest BCUT2D eigenvalue weighted by Gasteiger charge is -2.11. The molecule has 0 aliphatic carbocycles. The first kappa shape index (κ1) is 20.5. The fourth-order valence-electron chi connectivity index (χ4n) is 3.72. The summed E-state index contributed by atoms with van der Waals surface area (Å²) in [4.78, 5) is 15.3. The summed E-state index contributed by atoms with van der Waals surface area (Å²) in [6, 6.07) is 11.9. The fraction of sp³-hybridized carbons (Fsp3) is 0.250. The van der Waals surface area contributed by atoms with Gasteiger partial charge in [0, 0.05) is 28.8 Å². The van der Waals surface area contributed by atoms with Crippen LogP contribution in [-0.2, 0) is 6.42 Å². The van der Waals surface area contributed by atoms with Crippen molar-refractivity contribution >= 4 is 34.2 Å². The van der Waals surface area contributed by atoms with E-state index in [0.717, 1.165) is 45.2 Å². The Labute approximate surface area is 185 Å². The van der Waals surface area contributed by atoms with E-state index in [-0.39, 0.29) is 6.04 Å². The number of aromatic nitrogens is 2. The van der Waals surface area contributed by atoms with Crippen LogP contribution in [0.15, 0.2) is 47.1 Å². The molecule has 1 aliphatic rings. The summed E-state index contributed by atoms with van der Waals surface area (Å²) < 4.78 is 0. The van der Waals surface area contributed by atoms with E-state index in [2.05, 4.69) is 36.0 Å². The highest BCUT2D eigenvalue weighted by molar-refractivity contribution is 7.15. The summed E-state index contributed by atoms with van der Waals surface area (Å²) in [5.41, 5.74) is 7.93. The zero-order chi connectivity index (χ0) is 21.4. The summed E-state index contributed by atoms with van der Waals surface area (Å²) in [7, 11) is 0. The van der Waals surface area contributed by atoms with E-state index in [0.29, 0.717) is 10.6 Å². The zero-order valence-corrected chi connectivity index (χ0v) is 18.9. The summed E-state index contributed by atoms with van der Waals surface area (Å²) in [6.45, 7) is 8.26. The summed E-state index contributed by atoms with van der Waals surface area (Å²) >= 11 is 7.92. The monoisotopic (exact) mass is 432 g/mol. The molecule has 3 heterocycles. The van der Waals surface area contributed by atoms with Gasteiger partial charge in [-0.3, -0.25) is 9.98 Å². The highest BCUT2D eigenvalue weighted by Gasteiger charge is 2.24. The standard InChI is InChI=1S/C24H21ClN4S/c1-13-22(28-15(3)23(13)18-6-7-19(11-26)20(25)10-18)9-17-5-8-21(27-12-17)24-29-14(2)16(4)30-24/h5-8,10,12,22H,9H2,1-4H3. The summed E-state index contributed by atoms with van der Waals surface area (Å²) in [6.07, 6.45) is 2.72. The number of thiazole rings is 1. The predicted molar refractivity (Wildman–Crippen MR) is 124 cm³/mol. The largest absolute Gasteiger partial charge is 0.281 e. The van der Waals surface area contributed by atoms with Crippen LogP contribution in [0.1, 0.15) is 41.1 Å². The molecule has 1 aliphatic heterocycles. The fourth-order valence-corrected chi connectivity index (χ4v) is 4.84. The van der Waals surface area contributed by atoms with E-state index >= 15 is 0 Å². The van der Waals surface area contributed by atoms with Crippen LogP contribution in [0.3, 0.4) is 0 Å². The molecule has 150 valence electrons. The normalized spacial score (nSPS) is 16.0. The van der Waals surface area contributed by atoms with Crippen molar-refractivity contribution in [2.45, 2.75) is 40.2 Å². The van der Waals surface area contributed by atoms with Crippen LogP contribution in [-0.4, -0.2) is 21.7 Å².